The molecule has 77 valence electrons. The van der Waals surface area contributed by atoms with Gasteiger partial charge in [0.1, 0.15) is 0 Å². The van der Waals surface area contributed by atoms with E-state index in [1.807, 2.05) is 13.8 Å². The van der Waals surface area contributed by atoms with Crippen LogP contribution in [0.25, 0.3) is 0 Å². The second-order valence-electron chi connectivity index (χ2n) is 3.52. The predicted molar refractivity (Wildman–Crippen MR) is 62.0 cm³/mol. The molecule has 0 aliphatic heterocycles. The molecule has 0 atom stereocenters. The second-order valence-corrected chi connectivity index (χ2v) is 3.90. The third-order valence-corrected chi connectivity index (χ3v) is 1.93. The summed E-state index contributed by atoms with van der Waals surface area (Å²) < 4.78 is 0. The molecule has 1 N–H and O–H groups in total. The molecule has 13 heavy (non-hydrogen) atoms. The number of nitrogens with zero attached hydrogens (tertiary/aromatic N) is 1. The standard InChI is InChI=1S/C10H21N2S/c1-4-5-6-7-8-11-10(13)12-9(2)3/h9H,4-8H2,1-3H3,(H,11,13). The molecule has 0 unspecified atom stereocenters. The van der Waals surface area contributed by atoms with Gasteiger partial charge in [0.25, 0.3) is 0 Å². The van der Waals surface area contributed by atoms with Crippen LogP contribution in [0.2, 0.25) is 0 Å². The van der Waals surface area contributed by atoms with Crippen LogP contribution in [0.1, 0.15) is 46.5 Å². The van der Waals surface area contributed by atoms with Gasteiger partial charge in [0.15, 0.2) is 5.11 Å². The topological polar surface area (TPSA) is 26.1 Å². The van der Waals surface area contributed by atoms with E-state index in [-0.39, 0.29) is 0 Å². The van der Waals surface area contributed by atoms with E-state index in [1.165, 1.54) is 25.7 Å². The molecule has 2 nitrogen and oxygen atoms in total. The highest BCUT2D eigenvalue weighted by Gasteiger charge is 1.98. The first-order chi connectivity index (χ1) is 6.16. The van der Waals surface area contributed by atoms with Crippen LogP contribution >= 0.6 is 12.2 Å². The first-order valence-corrected chi connectivity index (χ1v) is 5.56. The van der Waals surface area contributed by atoms with Gasteiger partial charge in [0, 0.05) is 12.6 Å². The molecule has 0 aromatic rings. The molecule has 0 aromatic carbocycles. The molecule has 0 spiro atoms. The molecule has 0 rings (SSSR count). The predicted octanol–water partition coefficient (Wildman–Crippen LogP) is 2.45. The highest BCUT2D eigenvalue weighted by atomic mass is 32.1. The molecule has 0 saturated heterocycles. The van der Waals surface area contributed by atoms with Crippen molar-refractivity contribution in [3.05, 3.63) is 0 Å². The van der Waals surface area contributed by atoms with Gasteiger partial charge >= 0.3 is 0 Å². The van der Waals surface area contributed by atoms with Crippen molar-refractivity contribution >= 4 is 17.3 Å². The third kappa shape index (κ3) is 9.61. The summed E-state index contributed by atoms with van der Waals surface area (Å²) in [5.41, 5.74) is 0. The van der Waals surface area contributed by atoms with Crippen LogP contribution in [0.3, 0.4) is 0 Å². The normalized spacial score (nSPS) is 10.2. The van der Waals surface area contributed by atoms with Gasteiger partial charge < -0.3 is 5.32 Å². The minimum absolute atomic E-state index is 0.302. The van der Waals surface area contributed by atoms with Crippen molar-refractivity contribution in [1.29, 1.82) is 0 Å². The summed E-state index contributed by atoms with van der Waals surface area (Å²) in [5.74, 6) is 0. The summed E-state index contributed by atoms with van der Waals surface area (Å²) in [6.45, 7) is 7.25. The Labute approximate surface area is 87.5 Å². The smallest absolute Gasteiger partial charge is 0.188 e. The lowest BCUT2D eigenvalue weighted by atomic mass is 10.2. The van der Waals surface area contributed by atoms with Gasteiger partial charge in [-0.25, -0.2) is 0 Å². The summed E-state index contributed by atoms with van der Waals surface area (Å²) in [7, 11) is 0. The van der Waals surface area contributed by atoms with Crippen molar-refractivity contribution in [1.82, 2.24) is 10.6 Å². The Morgan fingerprint density at radius 3 is 2.54 bits per heavy atom. The van der Waals surface area contributed by atoms with E-state index in [0.29, 0.717) is 11.2 Å². The van der Waals surface area contributed by atoms with Gasteiger partial charge in [-0.3, -0.25) is 5.32 Å². The van der Waals surface area contributed by atoms with Crippen molar-refractivity contribution in [2.75, 3.05) is 6.54 Å². The summed E-state index contributed by atoms with van der Waals surface area (Å²) in [6, 6.07) is 0.302. The second kappa shape index (κ2) is 8.30. The summed E-state index contributed by atoms with van der Waals surface area (Å²) in [6.07, 6.45) is 5.08. The minimum atomic E-state index is 0.302. The van der Waals surface area contributed by atoms with Crippen molar-refractivity contribution in [2.45, 2.75) is 52.5 Å². The van der Waals surface area contributed by atoms with Gasteiger partial charge in [-0.05, 0) is 32.5 Å². The van der Waals surface area contributed by atoms with Crippen LogP contribution < -0.4 is 10.6 Å². The maximum atomic E-state index is 5.03. The van der Waals surface area contributed by atoms with Crippen LogP contribution in [0.5, 0.6) is 0 Å². The fraction of sp³-hybridized carbons (Fsp3) is 0.900. The maximum absolute atomic E-state index is 5.03. The van der Waals surface area contributed by atoms with E-state index in [9.17, 15) is 0 Å². The first-order valence-electron chi connectivity index (χ1n) is 5.15. The molecular weight excluding hydrogens is 180 g/mol. The Balaban J connectivity index is 3.17. The third-order valence-electron chi connectivity index (χ3n) is 1.68. The molecule has 1 radical (unpaired) electrons. The summed E-state index contributed by atoms with van der Waals surface area (Å²) in [5, 5.41) is 8.01. The number of rotatable bonds is 6. The van der Waals surface area contributed by atoms with Crippen molar-refractivity contribution in [3.63, 3.8) is 0 Å². The molecule has 0 aliphatic carbocycles. The average Bonchev–Trinajstić information content (AvgIpc) is 2.02. The molecule has 0 amide bonds. The highest BCUT2D eigenvalue weighted by Crippen LogP contribution is 1.96. The molecule has 0 aromatic heterocycles. The number of nitrogens with one attached hydrogen (secondary N) is 1. The zero-order valence-corrected chi connectivity index (χ0v) is 9.78. The van der Waals surface area contributed by atoms with Crippen molar-refractivity contribution in [2.24, 2.45) is 0 Å². The molecule has 0 bridgehead atoms. The Bertz CT molecular complexity index is 135. The fourth-order valence-electron chi connectivity index (χ4n) is 1.03. The largest absolute Gasteiger partial charge is 0.361 e. The lowest BCUT2D eigenvalue weighted by Gasteiger charge is -2.09. The number of thiocarbonyl (C=S) groups is 1. The lowest BCUT2D eigenvalue weighted by Crippen LogP contribution is -2.34. The highest BCUT2D eigenvalue weighted by molar-refractivity contribution is 7.80. The lowest BCUT2D eigenvalue weighted by molar-refractivity contribution is 0.640. The average molecular weight is 201 g/mol. The molecule has 0 saturated carbocycles. The SMILES string of the molecule is CCCCCCNC(=S)[N]C(C)C. The van der Waals surface area contributed by atoms with Crippen LogP contribution in [-0.2, 0) is 0 Å². The number of unbranched alkanes of at least 4 members (excludes halogenated alkanes) is 3. The van der Waals surface area contributed by atoms with Gasteiger partial charge in [0.05, 0.1) is 0 Å². The Morgan fingerprint density at radius 2 is 2.00 bits per heavy atom. The van der Waals surface area contributed by atoms with Gasteiger partial charge in [0.2, 0.25) is 0 Å². The molecule has 0 fully saturated rings. The van der Waals surface area contributed by atoms with Crippen molar-refractivity contribution < 1.29 is 0 Å². The van der Waals surface area contributed by atoms with E-state index in [4.69, 9.17) is 12.2 Å². The van der Waals surface area contributed by atoms with E-state index in [1.54, 1.807) is 0 Å². The Kier molecular flexibility index (Phi) is 8.10. The quantitative estimate of drug-likeness (QED) is 0.528. The minimum Gasteiger partial charge on any atom is -0.361 e. The Hall–Kier alpha value is -0.310. The van der Waals surface area contributed by atoms with E-state index in [0.717, 1.165) is 6.54 Å². The monoisotopic (exact) mass is 201 g/mol. The van der Waals surface area contributed by atoms with Gasteiger partial charge in [-0.2, -0.15) is 0 Å². The van der Waals surface area contributed by atoms with E-state index in [2.05, 4.69) is 17.6 Å². The van der Waals surface area contributed by atoms with Crippen LogP contribution in [0, 0.1) is 0 Å². The zero-order valence-electron chi connectivity index (χ0n) is 8.97. The Morgan fingerprint density at radius 1 is 1.31 bits per heavy atom. The zero-order chi connectivity index (χ0) is 10.1. The van der Waals surface area contributed by atoms with Crippen LogP contribution in [0.15, 0.2) is 0 Å². The number of hydrogen-bond donors (Lipinski definition) is 1. The van der Waals surface area contributed by atoms with Gasteiger partial charge in [-0.1, -0.05) is 26.2 Å². The van der Waals surface area contributed by atoms with Crippen LogP contribution in [0.4, 0.5) is 0 Å². The molecule has 3 heteroatoms. The van der Waals surface area contributed by atoms with Gasteiger partial charge in [-0.15, -0.1) is 0 Å². The number of hydrogen-bond acceptors (Lipinski definition) is 1. The molecule has 0 heterocycles. The fourth-order valence-corrected chi connectivity index (χ4v) is 1.34. The van der Waals surface area contributed by atoms with Crippen LogP contribution in [-0.4, -0.2) is 17.7 Å². The summed E-state index contributed by atoms with van der Waals surface area (Å²) >= 11 is 5.03. The van der Waals surface area contributed by atoms with Crippen molar-refractivity contribution in [3.8, 4) is 0 Å². The maximum Gasteiger partial charge on any atom is 0.188 e. The molecule has 0 aliphatic rings. The van der Waals surface area contributed by atoms with E-state index >= 15 is 0 Å². The molecular formula is C10H21N2S. The first kappa shape index (κ1) is 12.7. The summed E-state index contributed by atoms with van der Waals surface area (Å²) in [4.78, 5) is 0. The van der Waals surface area contributed by atoms with E-state index < -0.39 is 0 Å².